The monoisotopic (exact) mass is 407 g/mol. The number of aromatic nitrogens is 4. The molecule has 5 rings (SSSR count). The van der Waals surface area contributed by atoms with Crippen molar-refractivity contribution in [1.82, 2.24) is 19.7 Å². The number of anilines is 1. The van der Waals surface area contributed by atoms with Gasteiger partial charge in [0.25, 0.3) is 5.91 Å². The number of thiazole rings is 2. The average Bonchev–Trinajstić information content (AvgIpc) is 3.47. The van der Waals surface area contributed by atoms with Crippen molar-refractivity contribution in [3.63, 3.8) is 0 Å². The van der Waals surface area contributed by atoms with Crippen molar-refractivity contribution in [2.24, 2.45) is 0 Å². The fraction of sp³-hybridized carbons (Fsp3) is 0.0526. The molecule has 0 aliphatic heterocycles. The minimum atomic E-state index is -0.273. The van der Waals surface area contributed by atoms with Crippen molar-refractivity contribution >= 4 is 44.6 Å². The SMILES string of the molecule is Cc1cc(NC(=O)c2nc3ccccc3s2)n(-c2nc(-c3ccco3)cs2)n1. The first-order valence-corrected chi connectivity index (χ1v) is 10.1. The number of hydrogen-bond donors (Lipinski definition) is 1. The van der Waals surface area contributed by atoms with Crippen LogP contribution in [-0.2, 0) is 0 Å². The summed E-state index contributed by atoms with van der Waals surface area (Å²) in [5, 5.41) is 10.3. The van der Waals surface area contributed by atoms with Crippen LogP contribution in [0.1, 0.15) is 15.5 Å². The standard InChI is InChI=1S/C19H13N5O2S2/c1-11-9-16(22-17(25)18-20-12-5-2-3-7-15(12)28-18)24(23-11)19-21-13(10-27-19)14-6-4-8-26-14/h2-10H,1H3,(H,22,25). The van der Waals surface area contributed by atoms with E-state index >= 15 is 0 Å². The van der Waals surface area contributed by atoms with Crippen LogP contribution in [0.5, 0.6) is 0 Å². The molecular weight excluding hydrogens is 394 g/mol. The predicted octanol–water partition coefficient (Wildman–Crippen LogP) is 4.76. The highest BCUT2D eigenvalue weighted by molar-refractivity contribution is 7.20. The van der Waals surface area contributed by atoms with Crippen LogP contribution in [0.2, 0.25) is 0 Å². The summed E-state index contributed by atoms with van der Waals surface area (Å²) in [6, 6.07) is 13.1. The van der Waals surface area contributed by atoms with E-state index < -0.39 is 0 Å². The number of para-hydroxylation sites is 1. The van der Waals surface area contributed by atoms with Crippen LogP contribution in [0.25, 0.3) is 26.8 Å². The van der Waals surface area contributed by atoms with Gasteiger partial charge in [0, 0.05) is 11.4 Å². The van der Waals surface area contributed by atoms with E-state index in [9.17, 15) is 4.79 Å². The van der Waals surface area contributed by atoms with Crippen LogP contribution in [-0.4, -0.2) is 25.7 Å². The summed E-state index contributed by atoms with van der Waals surface area (Å²) >= 11 is 2.78. The topological polar surface area (TPSA) is 85.8 Å². The Bertz CT molecular complexity index is 1250. The van der Waals surface area contributed by atoms with E-state index in [0.29, 0.717) is 21.7 Å². The molecule has 5 aromatic rings. The van der Waals surface area contributed by atoms with E-state index in [1.165, 1.54) is 22.7 Å². The maximum absolute atomic E-state index is 12.7. The van der Waals surface area contributed by atoms with Crippen LogP contribution in [0.15, 0.2) is 58.5 Å². The zero-order chi connectivity index (χ0) is 19.1. The Labute approximate surface area is 167 Å². The van der Waals surface area contributed by atoms with E-state index in [-0.39, 0.29) is 5.91 Å². The molecule has 0 aliphatic rings. The number of aryl methyl sites for hydroxylation is 1. The highest BCUT2D eigenvalue weighted by Gasteiger charge is 2.18. The molecule has 4 aromatic heterocycles. The van der Waals surface area contributed by atoms with Crippen molar-refractivity contribution in [3.05, 3.63) is 64.8 Å². The normalized spacial score (nSPS) is 11.2. The summed E-state index contributed by atoms with van der Waals surface area (Å²) in [7, 11) is 0. The molecule has 7 nitrogen and oxygen atoms in total. The number of fused-ring (bicyclic) bond motifs is 1. The minimum absolute atomic E-state index is 0.273. The van der Waals surface area contributed by atoms with Gasteiger partial charge in [0.1, 0.15) is 11.5 Å². The van der Waals surface area contributed by atoms with E-state index in [4.69, 9.17) is 4.42 Å². The van der Waals surface area contributed by atoms with E-state index in [0.717, 1.165) is 21.6 Å². The number of nitrogens with one attached hydrogen (secondary N) is 1. The first kappa shape index (κ1) is 16.8. The number of hydrogen-bond acceptors (Lipinski definition) is 7. The van der Waals surface area contributed by atoms with Crippen molar-refractivity contribution in [2.45, 2.75) is 6.92 Å². The number of amides is 1. The van der Waals surface area contributed by atoms with Crippen LogP contribution in [0.4, 0.5) is 5.82 Å². The molecule has 0 radical (unpaired) electrons. The molecule has 0 fully saturated rings. The lowest BCUT2D eigenvalue weighted by atomic mass is 10.3. The van der Waals surface area contributed by atoms with Gasteiger partial charge >= 0.3 is 0 Å². The molecule has 0 saturated heterocycles. The van der Waals surface area contributed by atoms with E-state index in [2.05, 4.69) is 20.4 Å². The number of carbonyl (C=O) groups excluding carboxylic acids is 1. The summed E-state index contributed by atoms with van der Waals surface area (Å²) in [5.74, 6) is 0.957. The second-order valence-corrected chi connectivity index (χ2v) is 7.88. The molecule has 0 bridgehead atoms. The first-order valence-electron chi connectivity index (χ1n) is 8.41. The third kappa shape index (κ3) is 3.00. The lowest BCUT2D eigenvalue weighted by Gasteiger charge is -2.04. The smallest absolute Gasteiger partial charge is 0.285 e. The van der Waals surface area contributed by atoms with Crippen LogP contribution in [0.3, 0.4) is 0 Å². The van der Waals surface area contributed by atoms with Crippen molar-refractivity contribution in [2.75, 3.05) is 5.32 Å². The molecule has 0 atom stereocenters. The molecule has 1 N–H and O–H groups in total. The summed E-state index contributed by atoms with van der Waals surface area (Å²) in [6.45, 7) is 1.87. The third-order valence-corrected chi connectivity index (χ3v) is 5.86. The van der Waals surface area contributed by atoms with Gasteiger partial charge in [-0.15, -0.1) is 22.7 Å². The number of nitrogens with zero attached hydrogens (tertiary/aromatic N) is 4. The molecular formula is C19H13N5O2S2. The Morgan fingerprint density at radius 1 is 1.18 bits per heavy atom. The quantitative estimate of drug-likeness (QED) is 0.464. The van der Waals surface area contributed by atoms with E-state index in [1.54, 1.807) is 17.0 Å². The molecule has 1 aromatic carbocycles. The molecule has 138 valence electrons. The highest BCUT2D eigenvalue weighted by Crippen LogP contribution is 2.27. The summed E-state index contributed by atoms with van der Waals surface area (Å²) in [4.78, 5) is 21.7. The second kappa shape index (κ2) is 6.70. The van der Waals surface area contributed by atoms with Gasteiger partial charge in [0.2, 0.25) is 5.13 Å². The van der Waals surface area contributed by atoms with Crippen LogP contribution >= 0.6 is 22.7 Å². The summed E-state index contributed by atoms with van der Waals surface area (Å²) < 4.78 is 7.99. The van der Waals surface area contributed by atoms with Crippen LogP contribution < -0.4 is 5.32 Å². The zero-order valence-corrected chi connectivity index (χ0v) is 16.3. The van der Waals surface area contributed by atoms with Gasteiger partial charge in [0.05, 0.1) is 22.2 Å². The van der Waals surface area contributed by atoms with Crippen molar-refractivity contribution in [3.8, 4) is 16.6 Å². The number of rotatable bonds is 4. The second-order valence-electron chi connectivity index (χ2n) is 6.02. The van der Waals surface area contributed by atoms with Gasteiger partial charge < -0.3 is 9.73 Å². The largest absolute Gasteiger partial charge is 0.463 e. The Kier molecular flexibility index (Phi) is 4.03. The number of benzene rings is 1. The molecule has 4 heterocycles. The van der Waals surface area contributed by atoms with Gasteiger partial charge in [-0.1, -0.05) is 12.1 Å². The lowest BCUT2D eigenvalue weighted by molar-refractivity contribution is 0.102. The van der Waals surface area contributed by atoms with Gasteiger partial charge in [-0.2, -0.15) is 9.78 Å². The Hall–Kier alpha value is -3.30. The fourth-order valence-corrected chi connectivity index (χ4v) is 4.41. The van der Waals surface area contributed by atoms with Gasteiger partial charge in [-0.3, -0.25) is 4.79 Å². The lowest BCUT2D eigenvalue weighted by Crippen LogP contribution is -2.14. The van der Waals surface area contributed by atoms with E-state index in [1.807, 2.05) is 48.7 Å². The minimum Gasteiger partial charge on any atom is -0.463 e. The van der Waals surface area contributed by atoms with Crippen LogP contribution in [0, 0.1) is 6.92 Å². The third-order valence-electron chi connectivity index (χ3n) is 4.01. The molecule has 9 heteroatoms. The fourth-order valence-electron chi connectivity index (χ4n) is 2.77. The molecule has 0 saturated carbocycles. The molecule has 0 aliphatic carbocycles. The van der Waals surface area contributed by atoms with Crippen molar-refractivity contribution < 1.29 is 9.21 Å². The Morgan fingerprint density at radius 2 is 2.07 bits per heavy atom. The number of carbonyl (C=O) groups is 1. The molecule has 28 heavy (non-hydrogen) atoms. The molecule has 0 spiro atoms. The maximum Gasteiger partial charge on any atom is 0.285 e. The Morgan fingerprint density at radius 3 is 2.89 bits per heavy atom. The predicted molar refractivity (Wildman–Crippen MR) is 109 cm³/mol. The highest BCUT2D eigenvalue weighted by atomic mass is 32.1. The summed E-state index contributed by atoms with van der Waals surface area (Å²) in [5.41, 5.74) is 2.31. The summed E-state index contributed by atoms with van der Waals surface area (Å²) in [6.07, 6.45) is 1.61. The molecule has 0 unspecified atom stereocenters. The average molecular weight is 407 g/mol. The molecule has 1 amide bonds. The maximum atomic E-state index is 12.7. The zero-order valence-electron chi connectivity index (χ0n) is 14.6. The van der Waals surface area contributed by atoms with Gasteiger partial charge in [-0.05, 0) is 31.2 Å². The van der Waals surface area contributed by atoms with Crippen molar-refractivity contribution in [1.29, 1.82) is 0 Å². The first-order chi connectivity index (χ1) is 13.7. The van der Waals surface area contributed by atoms with Gasteiger partial charge in [-0.25, -0.2) is 9.97 Å². The Balaban J connectivity index is 1.46. The number of furan rings is 1. The van der Waals surface area contributed by atoms with Gasteiger partial charge in [0.15, 0.2) is 10.8 Å².